The van der Waals surface area contributed by atoms with Gasteiger partial charge in [-0.15, -0.1) is 0 Å². The van der Waals surface area contributed by atoms with E-state index in [9.17, 15) is 37.3 Å². The number of hydrogen-bond acceptors (Lipinski definition) is 12. The van der Waals surface area contributed by atoms with E-state index in [2.05, 4.69) is 14.8 Å². The third-order valence-corrected chi connectivity index (χ3v) is 7.51. The van der Waals surface area contributed by atoms with E-state index >= 15 is 0 Å². The molecule has 3 rings (SSSR count). The molecule has 0 saturated carbocycles. The summed E-state index contributed by atoms with van der Waals surface area (Å²) in [7, 11) is -3.89. The quantitative estimate of drug-likeness (QED) is 0.122. The molecule has 0 spiro atoms. The van der Waals surface area contributed by atoms with Crippen molar-refractivity contribution in [2.45, 2.75) is 44.7 Å². The van der Waals surface area contributed by atoms with Gasteiger partial charge in [-0.1, -0.05) is 12.1 Å². The predicted molar refractivity (Wildman–Crippen MR) is 173 cm³/mol. The summed E-state index contributed by atoms with van der Waals surface area (Å²) in [6.07, 6.45) is 0.118. The number of sulfonamides is 2. The van der Waals surface area contributed by atoms with Gasteiger partial charge in [0.25, 0.3) is 0 Å². The van der Waals surface area contributed by atoms with Gasteiger partial charge in [0, 0.05) is 24.7 Å². The minimum atomic E-state index is -3.55. The van der Waals surface area contributed by atoms with Crippen molar-refractivity contribution >= 4 is 31.4 Å². The van der Waals surface area contributed by atoms with Crippen LogP contribution in [0.5, 0.6) is 23.0 Å². The maximum atomic E-state index is 11.4. The summed E-state index contributed by atoms with van der Waals surface area (Å²) in [5, 5.41) is 42.9. The van der Waals surface area contributed by atoms with Gasteiger partial charge in [0.05, 0.1) is 50.3 Å². The minimum absolute atomic E-state index is 0.0174. The van der Waals surface area contributed by atoms with Crippen molar-refractivity contribution in [3.8, 4) is 23.0 Å². The topological polar surface area (TPSA) is 230 Å². The van der Waals surface area contributed by atoms with Gasteiger partial charge in [0.15, 0.2) is 0 Å². The largest absolute Gasteiger partial charge is 0.506 e. The highest BCUT2D eigenvalue weighted by atomic mass is 32.2. The Morgan fingerprint density at radius 3 is 1.53 bits per heavy atom. The zero-order valence-electron chi connectivity index (χ0n) is 25.8. The molecule has 4 atom stereocenters. The number of hydrogen-bond donors (Lipinski definition) is 8. The lowest BCUT2D eigenvalue weighted by Gasteiger charge is -2.22. The molecule has 0 aromatic heterocycles. The lowest BCUT2D eigenvalue weighted by Crippen LogP contribution is -2.31. The van der Waals surface area contributed by atoms with Crippen LogP contribution in [-0.2, 0) is 26.6 Å². The van der Waals surface area contributed by atoms with E-state index in [0.29, 0.717) is 29.2 Å². The fourth-order valence-electron chi connectivity index (χ4n) is 3.99. The van der Waals surface area contributed by atoms with Gasteiger partial charge < -0.3 is 41.0 Å². The molecule has 0 aliphatic carbocycles. The summed E-state index contributed by atoms with van der Waals surface area (Å²) in [5.74, 6) is 0.903. The van der Waals surface area contributed by atoms with Crippen LogP contribution >= 0.6 is 0 Å². The molecule has 0 radical (unpaired) electrons. The second kappa shape index (κ2) is 16.0. The number of aliphatic hydroxyl groups excluding tert-OH is 2. The lowest BCUT2D eigenvalue weighted by molar-refractivity contribution is 0.135. The Kier molecular flexibility index (Phi) is 13.3. The molecule has 9 N–H and O–H groups in total. The Balaban J connectivity index is 0.000000355. The molecule has 0 unspecified atom stereocenters. The third-order valence-electron chi connectivity index (χ3n) is 6.33. The molecule has 0 aliphatic rings. The first-order chi connectivity index (χ1) is 20.8. The number of anilines is 2. The molecule has 0 heterocycles. The molecule has 45 heavy (non-hydrogen) atoms. The molecule has 0 saturated heterocycles. The van der Waals surface area contributed by atoms with E-state index in [1.807, 2.05) is 12.1 Å². The summed E-state index contributed by atoms with van der Waals surface area (Å²) in [4.78, 5) is 0. The first-order valence-corrected chi connectivity index (χ1v) is 17.3. The van der Waals surface area contributed by atoms with Crippen LogP contribution in [0.15, 0.2) is 54.6 Å². The van der Waals surface area contributed by atoms with Crippen molar-refractivity contribution in [3.05, 3.63) is 71.3 Å². The van der Waals surface area contributed by atoms with Crippen molar-refractivity contribution in [1.82, 2.24) is 5.32 Å². The fraction of sp³-hybridized carbons (Fsp3) is 0.379. The van der Waals surface area contributed by atoms with E-state index in [1.165, 1.54) is 30.3 Å². The van der Waals surface area contributed by atoms with E-state index in [0.717, 1.165) is 18.1 Å². The van der Waals surface area contributed by atoms with Crippen LogP contribution in [0.4, 0.5) is 11.4 Å². The van der Waals surface area contributed by atoms with Crippen LogP contribution in [0, 0.1) is 0 Å². The van der Waals surface area contributed by atoms with E-state index < -0.39 is 38.3 Å². The highest BCUT2D eigenvalue weighted by Gasteiger charge is 2.19. The number of phenols is 2. The van der Waals surface area contributed by atoms with Crippen molar-refractivity contribution in [1.29, 1.82) is 0 Å². The second-order valence-electron chi connectivity index (χ2n) is 10.4. The molecular formula is C29H42N4O10S2. The minimum Gasteiger partial charge on any atom is -0.506 e. The average Bonchev–Trinajstić information content (AvgIpc) is 2.96. The average molecular weight is 671 g/mol. The highest BCUT2D eigenvalue weighted by molar-refractivity contribution is 7.92. The first-order valence-electron chi connectivity index (χ1n) is 13.5. The molecule has 0 bridgehead atoms. The number of phenolic OH excluding ortho intramolecular Hbond substituents is 2. The Morgan fingerprint density at radius 2 is 1.16 bits per heavy atom. The number of rotatable bonds is 13. The number of nitrogens with two attached hydrogens (primary N) is 1. The van der Waals surface area contributed by atoms with E-state index in [-0.39, 0.29) is 28.9 Å². The molecule has 3 aromatic carbocycles. The smallest absolute Gasteiger partial charge is 0.229 e. The summed E-state index contributed by atoms with van der Waals surface area (Å²) < 4.78 is 59.8. The number of ether oxygens (including phenoxy) is 2. The van der Waals surface area contributed by atoms with Gasteiger partial charge in [-0.25, -0.2) is 16.8 Å². The summed E-state index contributed by atoms with van der Waals surface area (Å²) in [6.45, 7) is 3.89. The van der Waals surface area contributed by atoms with Gasteiger partial charge in [0.1, 0.15) is 23.0 Å². The van der Waals surface area contributed by atoms with Gasteiger partial charge in [-0.3, -0.25) is 9.44 Å². The first kappa shape index (κ1) is 37.4. The zero-order valence-corrected chi connectivity index (χ0v) is 27.5. The molecular weight excluding hydrogens is 628 g/mol. The van der Waals surface area contributed by atoms with Crippen molar-refractivity contribution in [2.24, 2.45) is 5.73 Å². The molecule has 0 amide bonds. The Morgan fingerprint density at radius 1 is 0.733 bits per heavy atom. The molecule has 14 nitrogen and oxygen atoms in total. The Labute approximate surface area is 263 Å². The number of methoxy groups -OCH3 is 2. The third kappa shape index (κ3) is 12.3. The van der Waals surface area contributed by atoms with E-state index in [1.54, 1.807) is 40.2 Å². The van der Waals surface area contributed by atoms with Crippen LogP contribution in [0.1, 0.15) is 42.7 Å². The van der Waals surface area contributed by atoms with Crippen molar-refractivity contribution in [2.75, 3.05) is 36.2 Å². The summed E-state index contributed by atoms with van der Waals surface area (Å²) >= 11 is 0. The van der Waals surface area contributed by atoms with Crippen LogP contribution in [0.2, 0.25) is 0 Å². The normalized spacial score (nSPS) is 14.2. The van der Waals surface area contributed by atoms with Gasteiger partial charge in [0.2, 0.25) is 20.0 Å². The summed E-state index contributed by atoms with van der Waals surface area (Å²) in [5.41, 5.74) is 7.38. The Hall–Kier alpha value is -3.80. The molecule has 0 fully saturated rings. The highest BCUT2D eigenvalue weighted by Crippen LogP contribution is 2.30. The maximum absolute atomic E-state index is 11.4. The SMILES string of the molecule is COc1cc(CN[C@@H](C)[C@H](O)c2ccc(O)c(NS(C)(=O)=O)c2)cc(OC)c1.C[C@H](N)[C@H](O)c1ccc(O)c(NS(C)(=O)=O)c1. The van der Waals surface area contributed by atoms with Gasteiger partial charge >= 0.3 is 0 Å². The predicted octanol–water partition coefficient (Wildman–Crippen LogP) is 2.14. The number of aromatic hydroxyl groups is 2. The fourth-order valence-corrected chi connectivity index (χ4v) is 5.12. The zero-order chi connectivity index (χ0) is 34.1. The van der Waals surface area contributed by atoms with Crippen LogP contribution in [-0.4, -0.2) is 76.1 Å². The Bertz CT molecular complexity index is 1630. The summed E-state index contributed by atoms with van der Waals surface area (Å²) in [6, 6.07) is 13.1. The maximum Gasteiger partial charge on any atom is 0.229 e. The number of benzene rings is 3. The number of nitrogens with one attached hydrogen (secondary N) is 3. The van der Waals surface area contributed by atoms with Crippen molar-refractivity contribution in [3.63, 3.8) is 0 Å². The molecule has 16 heteroatoms. The molecule has 250 valence electrons. The van der Waals surface area contributed by atoms with Crippen molar-refractivity contribution < 1.29 is 46.7 Å². The standard InChI is InChI=1S/C19H26N2O6S.C10H16N2O4S/c1-12(20-11-13-7-15(26-2)10-16(8-13)27-3)19(23)14-5-6-18(22)17(9-14)21-28(4,24)25;1-6(11)10(14)7-3-4-9(13)8(5-7)12-17(2,15)16/h5-10,12,19-23H,11H2,1-4H3;3-6,10,12-14H,11H2,1-2H3/t12-,19-;6-,10-/m00/s1. The second-order valence-corrected chi connectivity index (χ2v) is 13.9. The monoisotopic (exact) mass is 670 g/mol. The lowest BCUT2D eigenvalue weighted by atomic mass is 10.0. The number of aliphatic hydroxyl groups is 2. The van der Waals surface area contributed by atoms with Gasteiger partial charge in [-0.05, 0) is 66.9 Å². The van der Waals surface area contributed by atoms with E-state index in [4.69, 9.17) is 15.2 Å². The molecule has 3 aromatic rings. The van der Waals surface area contributed by atoms with Gasteiger partial charge in [-0.2, -0.15) is 0 Å². The van der Waals surface area contributed by atoms with Crippen LogP contribution in [0.25, 0.3) is 0 Å². The van der Waals surface area contributed by atoms with Crippen LogP contribution in [0.3, 0.4) is 0 Å². The van der Waals surface area contributed by atoms with Crippen LogP contribution < -0.4 is 30.0 Å². The molecule has 0 aliphatic heterocycles.